The Morgan fingerprint density at radius 2 is 1.47 bits per heavy atom. The third-order valence-electron chi connectivity index (χ3n) is 5.83. The van der Waals surface area contributed by atoms with E-state index in [1.54, 1.807) is 24.3 Å². The second-order valence-corrected chi connectivity index (χ2v) is 6.29. The standard InChI is InChI=1S/C15H10O4/c16-12-6-3-1-2-4-7(6)13(17)15-9-5-8(10-11(9)18-10)14(12,15)19-15/h1-4,8-11H,5H2/t8-,9-,10?,11?,14?,15?/m0/s1. The molecule has 1 aromatic rings. The molecule has 0 radical (unpaired) electrons. The minimum atomic E-state index is -0.874. The molecule has 3 aliphatic carbocycles. The van der Waals surface area contributed by atoms with E-state index in [0.717, 1.165) is 6.42 Å². The first-order valence-corrected chi connectivity index (χ1v) is 6.76. The van der Waals surface area contributed by atoms with Crippen molar-refractivity contribution >= 4 is 11.6 Å². The van der Waals surface area contributed by atoms with Crippen LogP contribution in [0.5, 0.6) is 0 Å². The maximum absolute atomic E-state index is 12.8. The summed E-state index contributed by atoms with van der Waals surface area (Å²) in [7, 11) is 0. The van der Waals surface area contributed by atoms with Crippen molar-refractivity contribution in [2.45, 2.75) is 29.8 Å². The second kappa shape index (κ2) is 2.30. The molecule has 4 fully saturated rings. The van der Waals surface area contributed by atoms with Crippen LogP contribution in [0.3, 0.4) is 0 Å². The third kappa shape index (κ3) is 0.658. The van der Waals surface area contributed by atoms with E-state index in [0.29, 0.717) is 11.1 Å². The Morgan fingerprint density at radius 1 is 0.947 bits per heavy atom. The first kappa shape index (κ1) is 9.39. The summed E-state index contributed by atoms with van der Waals surface area (Å²) >= 11 is 0. The van der Waals surface area contributed by atoms with Gasteiger partial charge in [-0.15, -0.1) is 0 Å². The molecule has 4 nitrogen and oxygen atoms in total. The topological polar surface area (TPSA) is 59.2 Å². The maximum Gasteiger partial charge on any atom is 0.199 e. The number of Topliss-reactive ketones (excluding diaryl/α,β-unsaturated/α-hetero) is 2. The van der Waals surface area contributed by atoms with Crippen molar-refractivity contribution in [2.75, 3.05) is 0 Å². The van der Waals surface area contributed by atoms with Gasteiger partial charge in [-0.3, -0.25) is 9.59 Å². The summed E-state index contributed by atoms with van der Waals surface area (Å²) in [5.74, 6) is 0.188. The molecule has 94 valence electrons. The minimum absolute atomic E-state index is 0.00384. The van der Waals surface area contributed by atoms with Crippen LogP contribution in [0.4, 0.5) is 0 Å². The van der Waals surface area contributed by atoms with Crippen molar-refractivity contribution in [2.24, 2.45) is 11.8 Å². The van der Waals surface area contributed by atoms with Crippen LogP contribution < -0.4 is 0 Å². The minimum Gasteiger partial charge on any atom is -0.369 e. The van der Waals surface area contributed by atoms with Gasteiger partial charge in [0.1, 0.15) is 0 Å². The lowest BCUT2D eigenvalue weighted by atomic mass is 9.67. The first-order chi connectivity index (χ1) is 9.22. The van der Waals surface area contributed by atoms with Crippen molar-refractivity contribution in [3.63, 3.8) is 0 Å². The van der Waals surface area contributed by atoms with Gasteiger partial charge in [-0.05, 0) is 6.42 Å². The van der Waals surface area contributed by atoms with Crippen molar-refractivity contribution in [3.05, 3.63) is 35.4 Å². The number of hydrogen-bond donors (Lipinski definition) is 0. The van der Waals surface area contributed by atoms with Gasteiger partial charge in [0.15, 0.2) is 22.8 Å². The Bertz CT molecular complexity index is 653. The van der Waals surface area contributed by atoms with Crippen molar-refractivity contribution in [1.82, 2.24) is 0 Å². The predicted molar refractivity (Wildman–Crippen MR) is 61.9 cm³/mol. The molecule has 2 saturated heterocycles. The molecule has 0 spiro atoms. The summed E-state index contributed by atoms with van der Waals surface area (Å²) in [6, 6.07) is 7.10. The number of hydrogen-bond acceptors (Lipinski definition) is 4. The van der Waals surface area contributed by atoms with Gasteiger partial charge in [0.2, 0.25) is 0 Å². The van der Waals surface area contributed by atoms with Crippen LogP contribution in [0, 0.1) is 11.8 Å². The number of fused-ring (bicyclic) bond motifs is 6. The SMILES string of the molecule is O=C1c2ccccc2C(=O)C23OC12[C@H]1C[C@H]3C2OC21. The zero-order chi connectivity index (χ0) is 12.6. The Labute approximate surface area is 108 Å². The summed E-state index contributed by atoms with van der Waals surface area (Å²) in [5.41, 5.74) is -0.683. The molecule has 19 heavy (non-hydrogen) atoms. The highest BCUT2D eigenvalue weighted by Crippen LogP contribution is 2.78. The van der Waals surface area contributed by atoms with E-state index in [4.69, 9.17) is 9.47 Å². The van der Waals surface area contributed by atoms with E-state index in [1.807, 2.05) is 0 Å². The van der Waals surface area contributed by atoms with Gasteiger partial charge in [0, 0.05) is 23.0 Å². The molecule has 1 aromatic carbocycles. The molecular formula is C15H10O4. The van der Waals surface area contributed by atoms with Crippen molar-refractivity contribution in [3.8, 4) is 0 Å². The number of epoxide rings is 2. The highest BCUT2D eigenvalue weighted by Gasteiger charge is 2.96. The summed E-state index contributed by atoms with van der Waals surface area (Å²) in [6.45, 7) is 0. The lowest BCUT2D eigenvalue weighted by Crippen LogP contribution is -2.50. The zero-order valence-corrected chi connectivity index (χ0v) is 9.96. The maximum atomic E-state index is 12.8. The van der Waals surface area contributed by atoms with E-state index in [-0.39, 0.29) is 35.6 Å². The normalized spacial score (nSPS) is 54.3. The van der Waals surface area contributed by atoms with Crippen LogP contribution >= 0.6 is 0 Å². The molecule has 6 rings (SSSR count). The number of rotatable bonds is 0. The average Bonchev–Trinajstić information content (AvgIpc) is 3.33. The highest BCUT2D eigenvalue weighted by molar-refractivity contribution is 6.26. The Hall–Kier alpha value is -1.52. The number of ether oxygens (including phenoxy) is 2. The second-order valence-electron chi connectivity index (χ2n) is 6.29. The predicted octanol–water partition coefficient (Wildman–Crippen LogP) is 0.990. The molecule has 2 heterocycles. The lowest BCUT2D eigenvalue weighted by Gasteiger charge is -2.25. The Morgan fingerprint density at radius 3 is 2.00 bits per heavy atom. The molecular weight excluding hydrogens is 244 g/mol. The molecule has 0 amide bonds. The van der Waals surface area contributed by atoms with Crippen LogP contribution in [0.15, 0.2) is 24.3 Å². The van der Waals surface area contributed by atoms with Gasteiger partial charge >= 0.3 is 0 Å². The zero-order valence-electron chi connectivity index (χ0n) is 9.96. The van der Waals surface area contributed by atoms with Gasteiger partial charge in [0.25, 0.3) is 0 Å². The molecule has 2 bridgehead atoms. The number of ketones is 2. The number of carbonyl (C=O) groups is 2. The molecule has 6 atom stereocenters. The molecule has 4 heteroatoms. The molecule has 2 saturated carbocycles. The van der Waals surface area contributed by atoms with E-state index in [2.05, 4.69) is 0 Å². The Balaban J connectivity index is 1.68. The lowest BCUT2D eigenvalue weighted by molar-refractivity contribution is 0.0653. The quantitative estimate of drug-likeness (QED) is 0.648. The molecule has 2 aliphatic heterocycles. The van der Waals surface area contributed by atoms with E-state index in [9.17, 15) is 9.59 Å². The van der Waals surface area contributed by atoms with Crippen LogP contribution in [0.2, 0.25) is 0 Å². The van der Waals surface area contributed by atoms with Gasteiger partial charge in [-0.2, -0.15) is 0 Å². The van der Waals surface area contributed by atoms with Crippen LogP contribution in [-0.2, 0) is 9.47 Å². The molecule has 0 aromatic heterocycles. The summed E-state index contributed by atoms with van der Waals surface area (Å²) in [4.78, 5) is 25.6. The van der Waals surface area contributed by atoms with E-state index >= 15 is 0 Å². The fourth-order valence-electron chi connectivity index (χ4n) is 5.10. The van der Waals surface area contributed by atoms with Crippen LogP contribution in [-0.4, -0.2) is 35.0 Å². The van der Waals surface area contributed by atoms with E-state index < -0.39 is 11.2 Å². The third-order valence-corrected chi connectivity index (χ3v) is 5.83. The summed E-state index contributed by atoms with van der Waals surface area (Å²) in [6.07, 6.45) is 1.21. The van der Waals surface area contributed by atoms with Crippen molar-refractivity contribution in [1.29, 1.82) is 0 Å². The molecule has 0 N–H and O–H groups in total. The fourth-order valence-corrected chi connectivity index (χ4v) is 5.10. The average molecular weight is 254 g/mol. The first-order valence-electron chi connectivity index (χ1n) is 6.76. The highest BCUT2D eigenvalue weighted by atomic mass is 16.7. The summed E-state index contributed by atoms with van der Waals surface area (Å²) in [5, 5.41) is 0. The monoisotopic (exact) mass is 254 g/mol. The Kier molecular flexibility index (Phi) is 1.13. The number of carbonyl (C=O) groups excluding carboxylic acids is 2. The molecule has 4 unspecified atom stereocenters. The summed E-state index contributed by atoms with van der Waals surface area (Å²) < 4.78 is 11.5. The van der Waals surface area contributed by atoms with E-state index in [1.165, 1.54) is 0 Å². The van der Waals surface area contributed by atoms with Gasteiger partial charge in [-0.1, -0.05) is 24.3 Å². The largest absolute Gasteiger partial charge is 0.369 e. The van der Waals surface area contributed by atoms with Crippen LogP contribution in [0.1, 0.15) is 27.1 Å². The number of benzene rings is 1. The fraction of sp³-hybridized carbons (Fsp3) is 0.467. The van der Waals surface area contributed by atoms with Crippen molar-refractivity contribution < 1.29 is 19.1 Å². The van der Waals surface area contributed by atoms with Gasteiger partial charge < -0.3 is 9.47 Å². The van der Waals surface area contributed by atoms with Gasteiger partial charge in [0.05, 0.1) is 12.2 Å². The smallest absolute Gasteiger partial charge is 0.199 e. The molecule has 5 aliphatic rings. The van der Waals surface area contributed by atoms with Gasteiger partial charge in [-0.25, -0.2) is 0 Å². The van der Waals surface area contributed by atoms with Crippen LogP contribution in [0.25, 0.3) is 0 Å².